The standard InChI is InChI=1S/C16H32O/c1-4-7-14(8-5-2)16(17)15-11-9-13(6-3)10-12-15/h13-17H,4-12H2,1-3H3. The fraction of sp³-hybridized carbons (Fsp3) is 1.00. The Balaban J connectivity index is 2.41. The Morgan fingerprint density at radius 2 is 1.47 bits per heavy atom. The van der Waals surface area contributed by atoms with E-state index in [-0.39, 0.29) is 6.10 Å². The molecule has 0 amide bonds. The highest BCUT2D eigenvalue weighted by molar-refractivity contribution is 4.81. The summed E-state index contributed by atoms with van der Waals surface area (Å²) in [4.78, 5) is 0. The molecule has 1 heteroatoms. The molecule has 0 aromatic rings. The molecule has 0 spiro atoms. The second-order valence-electron chi connectivity index (χ2n) is 6.02. The van der Waals surface area contributed by atoms with Crippen LogP contribution in [0, 0.1) is 17.8 Å². The van der Waals surface area contributed by atoms with E-state index in [4.69, 9.17) is 0 Å². The predicted octanol–water partition coefficient (Wildman–Crippen LogP) is 4.78. The second-order valence-corrected chi connectivity index (χ2v) is 6.02. The monoisotopic (exact) mass is 240 g/mol. The lowest BCUT2D eigenvalue weighted by molar-refractivity contribution is 0.0187. The summed E-state index contributed by atoms with van der Waals surface area (Å²) in [7, 11) is 0. The summed E-state index contributed by atoms with van der Waals surface area (Å²) < 4.78 is 0. The molecular formula is C16H32O. The smallest absolute Gasteiger partial charge is 0.0596 e. The van der Waals surface area contributed by atoms with Gasteiger partial charge in [0, 0.05) is 0 Å². The van der Waals surface area contributed by atoms with Crippen molar-refractivity contribution in [2.24, 2.45) is 17.8 Å². The van der Waals surface area contributed by atoms with Crippen LogP contribution in [-0.4, -0.2) is 11.2 Å². The van der Waals surface area contributed by atoms with Crippen LogP contribution in [0.15, 0.2) is 0 Å². The molecule has 1 nitrogen and oxygen atoms in total. The number of rotatable bonds is 7. The van der Waals surface area contributed by atoms with Crippen LogP contribution in [-0.2, 0) is 0 Å². The minimum atomic E-state index is -0.0206. The molecule has 1 atom stereocenters. The summed E-state index contributed by atoms with van der Waals surface area (Å²) in [6.07, 6.45) is 11.4. The SMILES string of the molecule is CCCC(CCC)C(O)C1CCC(CC)CC1. The van der Waals surface area contributed by atoms with Crippen molar-refractivity contribution in [3.63, 3.8) is 0 Å². The van der Waals surface area contributed by atoms with Crippen molar-refractivity contribution >= 4 is 0 Å². The molecule has 1 aliphatic carbocycles. The van der Waals surface area contributed by atoms with Gasteiger partial charge in [-0.3, -0.25) is 0 Å². The summed E-state index contributed by atoms with van der Waals surface area (Å²) >= 11 is 0. The molecule has 17 heavy (non-hydrogen) atoms. The summed E-state index contributed by atoms with van der Waals surface area (Å²) in [6.45, 7) is 6.78. The second kappa shape index (κ2) is 8.13. The Bertz CT molecular complexity index is 176. The van der Waals surface area contributed by atoms with Crippen LogP contribution in [0.2, 0.25) is 0 Å². The van der Waals surface area contributed by atoms with Gasteiger partial charge in [-0.2, -0.15) is 0 Å². The maximum absolute atomic E-state index is 10.6. The first-order chi connectivity index (χ1) is 8.22. The van der Waals surface area contributed by atoms with Gasteiger partial charge in [0.15, 0.2) is 0 Å². The molecule has 0 aromatic carbocycles. The van der Waals surface area contributed by atoms with Crippen LogP contribution in [0.5, 0.6) is 0 Å². The van der Waals surface area contributed by atoms with E-state index in [1.54, 1.807) is 0 Å². The molecule has 1 N–H and O–H groups in total. The largest absolute Gasteiger partial charge is 0.393 e. The maximum atomic E-state index is 10.6. The van der Waals surface area contributed by atoms with E-state index in [0.29, 0.717) is 11.8 Å². The van der Waals surface area contributed by atoms with Crippen molar-refractivity contribution in [1.29, 1.82) is 0 Å². The molecule has 1 saturated carbocycles. The molecule has 0 saturated heterocycles. The highest BCUT2D eigenvalue weighted by Crippen LogP contribution is 2.36. The zero-order valence-electron chi connectivity index (χ0n) is 12.1. The van der Waals surface area contributed by atoms with E-state index in [2.05, 4.69) is 20.8 Å². The molecule has 0 radical (unpaired) electrons. The van der Waals surface area contributed by atoms with Crippen LogP contribution in [0.1, 0.15) is 78.6 Å². The minimum Gasteiger partial charge on any atom is -0.393 e. The zero-order chi connectivity index (χ0) is 12.7. The van der Waals surface area contributed by atoms with Gasteiger partial charge in [-0.15, -0.1) is 0 Å². The molecule has 1 rings (SSSR count). The van der Waals surface area contributed by atoms with Crippen LogP contribution in [0.25, 0.3) is 0 Å². The Labute approximate surface area is 108 Å². The van der Waals surface area contributed by atoms with E-state index in [9.17, 15) is 5.11 Å². The van der Waals surface area contributed by atoms with Crippen molar-refractivity contribution in [1.82, 2.24) is 0 Å². The quantitative estimate of drug-likeness (QED) is 0.679. The Hall–Kier alpha value is -0.0400. The number of hydrogen-bond acceptors (Lipinski definition) is 1. The normalized spacial score (nSPS) is 27.4. The fourth-order valence-corrected chi connectivity index (χ4v) is 3.55. The molecule has 0 aliphatic heterocycles. The van der Waals surface area contributed by atoms with E-state index in [1.807, 2.05) is 0 Å². The lowest BCUT2D eigenvalue weighted by Gasteiger charge is -2.35. The molecule has 0 aromatic heterocycles. The average molecular weight is 240 g/mol. The molecule has 1 aliphatic rings. The molecule has 102 valence electrons. The van der Waals surface area contributed by atoms with Crippen LogP contribution in [0.4, 0.5) is 0 Å². The first-order valence-corrected chi connectivity index (χ1v) is 7.90. The Morgan fingerprint density at radius 1 is 0.941 bits per heavy atom. The van der Waals surface area contributed by atoms with Gasteiger partial charge >= 0.3 is 0 Å². The number of aliphatic hydroxyl groups is 1. The van der Waals surface area contributed by atoms with Crippen molar-refractivity contribution in [2.75, 3.05) is 0 Å². The summed E-state index contributed by atoms with van der Waals surface area (Å²) in [5.41, 5.74) is 0. The maximum Gasteiger partial charge on any atom is 0.0596 e. The van der Waals surface area contributed by atoms with Gasteiger partial charge in [-0.05, 0) is 43.4 Å². The molecular weight excluding hydrogens is 208 g/mol. The van der Waals surface area contributed by atoms with Crippen molar-refractivity contribution < 1.29 is 5.11 Å². The average Bonchev–Trinajstić information content (AvgIpc) is 2.38. The summed E-state index contributed by atoms with van der Waals surface area (Å²) in [5, 5.41) is 10.6. The van der Waals surface area contributed by atoms with Gasteiger partial charge < -0.3 is 5.11 Å². The topological polar surface area (TPSA) is 20.2 Å². The summed E-state index contributed by atoms with van der Waals surface area (Å²) in [5.74, 6) is 2.10. The molecule has 1 unspecified atom stereocenters. The van der Waals surface area contributed by atoms with Crippen molar-refractivity contribution in [3.05, 3.63) is 0 Å². The first-order valence-electron chi connectivity index (χ1n) is 7.90. The van der Waals surface area contributed by atoms with Gasteiger partial charge in [-0.25, -0.2) is 0 Å². The predicted molar refractivity (Wildman–Crippen MR) is 75.1 cm³/mol. The number of hydrogen-bond donors (Lipinski definition) is 1. The fourth-order valence-electron chi connectivity index (χ4n) is 3.55. The van der Waals surface area contributed by atoms with Gasteiger partial charge in [-0.1, -0.05) is 52.9 Å². The third kappa shape index (κ3) is 4.62. The lowest BCUT2D eigenvalue weighted by Crippen LogP contribution is -2.32. The van der Waals surface area contributed by atoms with E-state index in [0.717, 1.165) is 5.92 Å². The zero-order valence-corrected chi connectivity index (χ0v) is 12.1. The third-order valence-electron chi connectivity index (χ3n) is 4.75. The van der Waals surface area contributed by atoms with E-state index < -0.39 is 0 Å². The first kappa shape index (κ1) is 15.0. The van der Waals surface area contributed by atoms with Crippen LogP contribution >= 0.6 is 0 Å². The minimum absolute atomic E-state index is 0.0206. The van der Waals surface area contributed by atoms with Gasteiger partial charge in [0.1, 0.15) is 0 Å². The van der Waals surface area contributed by atoms with Crippen LogP contribution < -0.4 is 0 Å². The van der Waals surface area contributed by atoms with Crippen molar-refractivity contribution in [2.45, 2.75) is 84.7 Å². The molecule has 1 fully saturated rings. The van der Waals surface area contributed by atoms with Gasteiger partial charge in [0.2, 0.25) is 0 Å². The van der Waals surface area contributed by atoms with E-state index >= 15 is 0 Å². The Morgan fingerprint density at radius 3 is 1.88 bits per heavy atom. The highest BCUT2D eigenvalue weighted by Gasteiger charge is 2.30. The van der Waals surface area contributed by atoms with Gasteiger partial charge in [0.25, 0.3) is 0 Å². The highest BCUT2D eigenvalue weighted by atomic mass is 16.3. The number of aliphatic hydroxyl groups excluding tert-OH is 1. The molecule has 0 heterocycles. The third-order valence-corrected chi connectivity index (χ3v) is 4.75. The van der Waals surface area contributed by atoms with Crippen LogP contribution in [0.3, 0.4) is 0 Å². The Kier molecular flexibility index (Phi) is 7.18. The van der Waals surface area contributed by atoms with Crippen molar-refractivity contribution in [3.8, 4) is 0 Å². The lowest BCUT2D eigenvalue weighted by atomic mass is 9.74. The van der Waals surface area contributed by atoms with Gasteiger partial charge in [0.05, 0.1) is 6.10 Å². The molecule has 0 bridgehead atoms. The summed E-state index contributed by atoms with van der Waals surface area (Å²) in [6, 6.07) is 0. The van der Waals surface area contributed by atoms with E-state index in [1.165, 1.54) is 57.8 Å².